The van der Waals surface area contributed by atoms with Gasteiger partial charge in [-0.15, -0.1) is 0 Å². The van der Waals surface area contributed by atoms with Gasteiger partial charge in [-0.25, -0.2) is 8.42 Å². The molecule has 1 fully saturated rings. The van der Waals surface area contributed by atoms with Gasteiger partial charge < -0.3 is 4.74 Å². The summed E-state index contributed by atoms with van der Waals surface area (Å²) in [5.74, 6) is -0.489. The molecule has 142 valence electrons. The first-order chi connectivity index (χ1) is 11.5. The zero-order chi connectivity index (χ0) is 19.0. The van der Waals surface area contributed by atoms with Crippen molar-refractivity contribution < 1.29 is 17.9 Å². The average Bonchev–Trinajstić information content (AvgIpc) is 3.01. The minimum Gasteiger partial charge on any atom is -0.469 e. The molecule has 2 rings (SSSR count). The van der Waals surface area contributed by atoms with Crippen LogP contribution in [0.2, 0.25) is 0 Å². The van der Waals surface area contributed by atoms with Crippen LogP contribution in [-0.4, -0.2) is 48.7 Å². The number of carbonyl (C=O) groups excluding carboxylic acids is 1. The van der Waals surface area contributed by atoms with Crippen molar-refractivity contribution in [3.05, 3.63) is 11.9 Å². The highest BCUT2D eigenvalue weighted by atomic mass is 32.2. The van der Waals surface area contributed by atoms with Gasteiger partial charge >= 0.3 is 5.97 Å². The minimum atomic E-state index is -3.65. The molecule has 1 saturated heterocycles. The summed E-state index contributed by atoms with van der Waals surface area (Å²) in [5.41, 5.74) is 0.198. The van der Waals surface area contributed by atoms with Gasteiger partial charge in [0.15, 0.2) is 0 Å². The number of ether oxygens (including phenoxy) is 1. The van der Waals surface area contributed by atoms with Gasteiger partial charge in [-0.2, -0.15) is 9.40 Å². The molecular formula is C17H29N3O4S. The first-order valence-electron chi connectivity index (χ1n) is 8.66. The van der Waals surface area contributed by atoms with Crippen LogP contribution in [0.4, 0.5) is 0 Å². The van der Waals surface area contributed by atoms with E-state index in [1.807, 2.05) is 34.6 Å². The molecule has 8 heteroatoms. The lowest BCUT2D eigenvalue weighted by Gasteiger charge is -2.30. The van der Waals surface area contributed by atoms with Gasteiger partial charge in [-0.1, -0.05) is 20.8 Å². The van der Waals surface area contributed by atoms with Gasteiger partial charge in [0.2, 0.25) is 10.0 Å². The SMILES string of the molecule is COC(=O)C1CCN(S(=O)(=O)c2cn(C(C)C)nc2C(C)(C)C)CC1. The maximum Gasteiger partial charge on any atom is 0.308 e. The molecule has 0 N–H and O–H groups in total. The number of hydrogen-bond acceptors (Lipinski definition) is 5. The van der Waals surface area contributed by atoms with E-state index in [-0.39, 0.29) is 28.2 Å². The fourth-order valence-corrected chi connectivity index (χ4v) is 4.79. The zero-order valence-electron chi connectivity index (χ0n) is 15.9. The molecule has 2 heterocycles. The van der Waals surface area contributed by atoms with Gasteiger partial charge in [0.25, 0.3) is 0 Å². The standard InChI is InChI=1S/C17H29N3O4S/c1-12(2)20-11-14(15(18-20)17(3,4)5)25(22,23)19-9-7-13(8-10-19)16(21)24-6/h11-13H,7-10H2,1-6H3. The van der Waals surface area contributed by atoms with E-state index in [2.05, 4.69) is 5.10 Å². The molecule has 0 saturated carbocycles. The molecule has 0 radical (unpaired) electrons. The van der Waals surface area contributed by atoms with Crippen LogP contribution in [0.15, 0.2) is 11.1 Å². The summed E-state index contributed by atoms with van der Waals surface area (Å²) in [4.78, 5) is 11.9. The normalized spacial score (nSPS) is 17.9. The van der Waals surface area contributed by atoms with Crippen LogP contribution in [0, 0.1) is 5.92 Å². The Kier molecular flexibility index (Phi) is 5.63. The summed E-state index contributed by atoms with van der Waals surface area (Å²) in [6.45, 7) is 10.5. The van der Waals surface area contributed by atoms with Crippen LogP contribution in [0.5, 0.6) is 0 Å². The Balaban J connectivity index is 2.33. The molecule has 25 heavy (non-hydrogen) atoms. The second-order valence-corrected chi connectivity index (χ2v) is 9.77. The topological polar surface area (TPSA) is 81.5 Å². The van der Waals surface area contributed by atoms with E-state index in [0.717, 1.165) is 0 Å². The molecular weight excluding hydrogens is 342 g/mol. The largest absolute Gasteiger partial charge is 0.469 e. The van der Waals surface area contributed by atoms with Gasteiger partial charge in [0.05, 0.1) is 18.7 Å². The smallest absolute Gasteiger partial charge is 0.308 e. The van der Waals surface area contributed by atoms with E-state index in [1.54, 1.807) is 10.9 Å². The summed E-state index contributed by atoms with van der Waals surface area (Å²) >= 11 is 0. The summed E-state index contributed by atoms with van der Waals surface area (Å²) in [7, 11) is -2.28. The summed E-state index contributed by atoms with van der Waals surface area (Å²) in [6.07, 6.45) is 2.59. The molecule has 0 aromatic carbocycles. The van der Waals surface area contributed by atoms with Gasteiger partial charge in [0.1, 0.15) is 4.90 Å². The molecule has 1 aromatic heterocycles. The fraction of sp³-hybridized carbons (Fsp3) is 0.765. The van der Waals surface area contributed by atoms with Crippen LogP contribution in [0.1, 0.15) is 59.2 Å². The number of carbonyl (C=O) groups is 1. The Bertz CT molecular complexity index is 724. The Morgan fingerprint density at radius 3 is 2.28 bits per heavy atom. The van der Waals surface area contributed by atoms with E-state index in [0.29, 0.717) is 31.6 Å². The zero-order valence-corrected chi connectivity index (χ0v) is 16.8. The number of nitrogens with zero attached hydrogens (tertiary/aromatic N) is 3. The number of aromatic nitrogens is 2. The van der Waals surface area contributed by atoms with Gasteiger partial charge in [-0.05, 0) is 26.7 Å². The van der Waals surface area contributed by atoms with Crippen LogP contribution in [0.25, 0.3) is 0 Å². The van der Waals surface area contributed by atoms with Crippen molar-refractivity contribution in [3.8, 4) is 0 Å². The van der Waals surface area contributed by atoms with Crippen molar-refractivity contribution in [1.82, 2.24) is 14.1 Å². The Morgan fingerprint density at radius 2 is 1.84 bits per heavy atom. The summed E-state index contributed by atoms with van der Waals surface area (Å²) in [6, 6.07) is 0.0788. The lowest BCUT2D eigenvalue weighted by Crippen LogP contribution is -2.41. The van der Waals surface area contributed by atoms with Crippen LogP contribution in [0.3, 0.4) is 0 Å². The quantitative estimate of drug-likeness (QED) is 0.759. The number of hydrogen-bond donors (Lipinski definition) is 0. The van der Waals surface area contributed by atoms with Crippen LogP contribution >= 0.6 is 0 Å². The van der Waals surface area contributed by atoms with Crippen LogP contribution < -0.4 is 0 Å². The maximum absolute atomic E-state index is 13.2. The Morgan fingerprint density at radius 1 is 1.28 bits per heavy atom. The highest BCUT2D eigenvalue weighted by molar-refractivity contribution is 7.89. The number of esters is 1. The van der Waals surface area contributed by atoms with E-state index >= 15 is 0 Å². The third-order valence-corrected chi connectivity index (χ3v) is 6.44. The molecule has 1 aromatic rings. The van der Waals surface area contributed by atoms with Gasteiger partial charge in [0, 0.05) is 30.7 Å². The van der Waals surface area contributed by atoms with E-state index in [4.69, 9.17) is 4.74 Å². The number of rotatable bonds is 4. The summed E-state index contributed by atoms with van der Waals surface area (Å²) < 4.78 is 34.3. The molecule has 0 bridgehead atoms. The van der Waals surface area contributed by atoms with Crippen molar-refractivity contribution >= 4 is 16.0 Å². The molecule has 1 aliphatic rings. The first kappa shape index (κ1) is 19.9. The van der Waals surface area contributed by atoms with Crippen molar-refractivity contribution in [1.29, 1.82) is 0 Å². The predicted molar refractivity (Wildman–Crippen MR) is 94.8 cm³/mol. The van der Waals surface area contributed by atoms with Crippen molar-refractivity contribution in [2.75, 3.05) is 20.2 Å². The molecule has 0 unspecified atom stereocenters. The minimum absolute atomic E-state index is 0.0788. The third kappa shape index (κ3) is 4.06. The van der Waals surface area contributed by atoms with Crippen molar-refractivity contribution in [2.24, 2.45) is 5.92 Å². The highest BCUT2D eigenvalue weighted by Gasteiger charge is 2.37. The highest BCUT2D eigenvalue weighted by Crippen LogP contribution is 2.32. The van der Waals surface area contributed by atoms with Crippen LogP contribution in [-0.2, 0) is 25.0 Å². The molecule has 7 nitrogen and oxygen atoms in total. The Hall–Kier alpha value is -1.41. The van der Waals surface area contributed by atoms with E-state index in [9.17, 15) is 13.2 Å². The third-order valence-electron chi connectivity index (χ3n) is 4.54. The average molecular weight is 372 g/mol. The monoisotopic (exact) mass is 371 g/mol. The Labute approximate surface area is 150 Å². The maximum atomic E-state index is 13.2. The molecule has 0 atom stereocenters. The molecule has 1 aliphatic heterocycles. The fourth-order valence-electron chi connectivity index (χ4n) is 2.99. The first-order valence-corrected chi connectivity index (χ1v) is 10.1. The van der Waals surface area contributed by atoms with Crippen molar-refractivity contribution in [3.63, 3.8) is 0 Å². The second kappa shape index (κ2) is 7.07. The number of sulfonamides is 1. The van der Waals surface area contributed by atoms with Gasteiger partial charge in [-0.3, -0.25) is 9.48 Å². The van der Waals surface area contributed by atoms with Crippen molar-refractivity contribution in [2.45, 2.75) is 63.8 Å². The number of methoxy groups -OCH3 is 1. The lowest BCUT2D eigenvalue weighted by atomic mass is 9.92. The predicted octanol–water partition coefficient (Wildman–Crippen LogP) is 2.34. The molecule has 0 aliphatic carbocycles. The lowest BCUT2D eigenvalue weighted by molar-refractivity contribution is -0.146. The second-order valence-electron chi connectivity index (χ2n) is 7.87. The molecule has 0 spiro atoms. The summed E-state index contributed by atoms with van der Waals surface area (Å²) in [5, 5.41) is 4.54. The number of piperidine rings is 1. The van der Waals surface area contributed by atoms with E-state index < -0.39 is 10.0 Å². The molecule has 0 amide bonds. The van der Waals surface area contributed by atoms with E-state index in [1.165, 1.54) is 11.4 Å².